The van der Waals surface area contributed by atoms with E-state index in [0.29, 0.717) is 24.5 Å². The monoisotopic (exact) mass is 127 g/mol. The molecule has 1 N–H and O–H groups in total. The van der Waals surface area contributed by atoms with Gasteiger partial charge >= 0.3 is 0 Å². The summed E-state index contributed by atoms with van der Waals surface area (Å²) in [6.45, 7) is 1.97. The third kappa shape index (κ3) is 1.09. The molecule has 3 heteroatoms. The number of Topliss-reactive ketones (excluding diaryl/α,β-unsaturated/α-hetero) is 1. The molecule has 1 saturated carbocycles. The van der Waals surface area contributed by atoms with Crippen LogP contribution in [0.2, 0.25) is 0 Å². The Bertz CT molecular complexity index is 162. The summed E-state index contributed by atoms with van der Waals surface area (Å²) >= 11 is 0. The second-order valence-electron chi connectivity index (χ2n) is 2.48. The molecule has 0 aromatic heterocycles. The van der Waals surface area contributed by atoms with Crippen LogP contribution in [0.25, 0.3) is 0 Å². The van der Waals surface area contributed by atoms with Crippen LogP contribution in [-0.4, -0.2) is 16.7 Å². The predicted molar refractivity (Wildman–Crippen MR) is 32.6 cm³/mol. The molecule has 1 atom stereocenters. The number of nitrogens with zero attached hydrogens (tertiary/aromatic N) is 1. The van der Waals surface area contributed by atoms with E-state index in [4.69, 9.17) is 5.21 Å². The minimum absolute atomic E-state index is 0.00926. The number of rotatable bonds is 0. The SMILES string of the molecule is CC1CC(=O)C(=NO)C1. The molecular weight excluding hydrogens is 118 g/mol. The van der Waals surface area contributed by atoms with Gasteiger partial charge in [0.15, 0.2) is 5.78 Å². The number of carbonyl (C=O) groups is 1. The molecule has 1 rings (SSSR count). The van der Waals surface area contributed by atoms with Crippen LogP contribution in [0.1, 0.15) is 19.8 Å². The number of hydrogen-bond acceptors (Lipinski definition) is 3. The van der Waals surface area contributed by atoms with Gasteiger partial charge in [0.05, 0.1) is 0 Å². The third-order valence-corrected chi connectivity index (χ3v) is 1.52. The maximum absolute atomic E-state index is 10.7. The van der Waals surface area contributed by atoms with E-state index in [1.165, 1.54) is 0 Å². The van der Waals surface area contributed by atoms with Crippen molar-refractivity contribution < 1.29 is 10.0 Å². The summed E-state index contributed by atoms with van der Waals surface area (Å²) in [5.74, 6) is 0.355. The summed E-state index contributed by atoms with van der Waals surface area (Å²) in [4.78, 5) is 10.7. The van der Waals surface area contributed by atoms with Crippen LogP contribution in [0.5, 0.6) is 0 Å². The fourth-order valence-corrected chi connectivity index (χ4v) is 1.05. The van der Waals surface area contributed by atoms with Gasteiger partial charge in [0.2, 0.25) is 0 Å². The van der Waals surface area contributed by atoms with E-state index in [-0.39, 0.29) is 5.78 Å². The van der Waals surface area contributed by atoms with Crippen molar-refractivity contribution in [1.82, 2.24) is 0 Å². The molecule has 0 aromatic rings. The normalized spacial score (nSPS) is 31.9. The first-order chi connectivity index (χ1) is 4.24. The summed E-state index contributed by atoms with van der Waals surface area (Å²) < 4.78 is 0. The Kier molecular flexibility index (Phi) is 1.51. The lowest BCUT2D eigenvalue weighted by Crippen LogP contribution is -2.02. The van der Waals surface area contributed by atoms with E-state index < -0.39 is 0 Å². The second kappa shape index (κ2) is 2.17. The van der Waals surface area contributed by atoms with E-state index in [2.05, 4.69) is 5.16 Å². The van der Waals surface area contributed by atoms with Crippen LogP contribution in [0, 0.1) is 5.92 Å². The lowest BCUT2D eigenvalue weighted by atomic mass is 10.1. The molecule has 1 unspecified atom stereocenters. The zero-order valence-corrected chi connectivity index (χ0v) is 5.29. The van der Waals surface area contributed by atoms with Crippen LogP contribution >= 0.6 is 0 Å². The van der Waals surface area contributed by atoms with E-state index in [1.807, 2.05) is 6.92 Å². The van der Waals surface area contributed by atoms with Gasteiger partial charge in [0, 0.05) is 6.42 Å². The van der Waals surface area contributed by atoms with E-state index in [9.17, 15) is 4.79 Å². The predicted octanol–water partition coefficient (Wildman–Crippen LogP) is 0.816. The Morgan fingerprint density at radius 3 is 2.56 bits per heavy atom. The summed E-state index contributed by atoms with van der Waals surface area (Å²) in [5.41, 5.74) is 0.336. The lowest BCUT2D eigenvalue weighted by Gasteiger charge is -1.89. The molecule has 0 radical (unpaired) electrons. The van der Waals surface area contributed by atoms with E-state index in [1.54, 1.807) is 0 Å². The lowest BCUT2D eigenvalue weighted by molar-refractivity contribution is -0.112. The minimum atomic E-state index is -0.00926. The highest BCUT2D eigenvalue weighted by Crippen LogP contribution is 2.18. The van der Waals surface area contributed by atoms with Crippen LogP contribution < -0.4 is 0 Å². The highest BCUT2D eigenvalue weighted by molar-refractivity contribution is 6.41. The van der Waals surface area contributed by atoms with Gasteiger partial charge in [-0.25, -0.2) is 0 Å². The van der Waals surface area contributed by atoms with Gasteiger partial charge < -0.3 is 5.21 Å². The molecule has 0 amide bonds. The smallest absolute Gasteiger partial charge is 0.180 e. The summed E-state index contributed by atoms with van der Waals surface area (Å²) in [5, 5.41) is 11.1. The Hall–Kier alpha value is -0.860. The number of oxime groups is 1. The molecule has 9 heavy (non-hydrogen) atoms. The average molecular weight is 127 g/mol. The summed E-state index contributed by atoms with van der Waals surface area (Å²) in [6, 6.07) is 0. The molecule has 3 nitrogen and oxygen atoms in total. The first-order valence-corrected chi connectivity index (χ1v) is 2.98. The zero-order chi connectivity index (χ0) is 6.85. The molecular formula is C6H9NO2. The molecule has 0 saturated heterocycles. The van der Waals surface area contributed by atoms with Gasteiger partial charge in [0.25, 0.3) is 0 Å². The van der Waals surface area contributed by atoms with Crippen molar-refractivity contribution >= 4 is 11.5 Å². The maximum atomic E-state index is 10.7. The molecule has 0 spiro atoms. The Balaban J connectivity index is 2.70. The average Bonchev–Trinajstić information content (AvgIpc) is 2.10. The maximum Gasteiger partial charge on any atom is 0.180 e. The fraction of sp³-hybridized carbons (Fsp3) is 0.667. The van der Waals surface area contributed by atoms with E-state index >= 15 is 0 Å². The van der Waals surface area contributed by atoms with Gasteiger partial charge in [0.1, 0.15) is 5.71 Å². The summed E-state index contributed by atoms with van der Waals surface area (Å²) in [6.07, 6.45) is 1.18. The van der Waals surface area contributed by atoms with Crippen LogP contribution in [-0.2, 0) is 4.79 Å². The van der Waals surface area contributed by atoms with Crippen LogP contribution in [0.3, 0.4) is 0 Å². The third-order valence-electron chi connectivity index (χ3n) is 1.52. The Morgan fingerprint density at radius 2 is 2.33 bits per heavy atom. The van der Waals surface area contributed by atoms with Gasteiger partial charge in [-0.2, -0.15) is 0 Å². The first-order valence-electron chi connectivity index (χ1n) is 2.98. The highest BCUT2D eigenvalue weighted by Gasteiger charge is 2.25. The van der Waals surface area contributed by atoms with Gasteiger partial charge in [-0.05, 0) is 12.3 Å². The van der Waals surface area contributed by atoms with Crippen molar-refractivity contribution in [2.75, 3.05) is 0 Å². The van der Waals surface area contributed by atoms with Crippen LogP contribution in [0.4, 0.5) is 0 Å². The minimum Gasteiger partial charge on any atom is -0.411 e. The summed E-state index contributed by atoms with van der Waals surface area (Å²) in [7, 11) is 0. The van der Waals surface area contributed by atoms with Gasteiger partial charge in [-0.1, -0.05) is 12.1 Å². The highest BCUT2D eigenvalue weighted by atomic mass is 16.4. The van der Waals surface area contributed by atoms with Crippen molar-refractivity contribution in [2.24, 2.45) is 11.1 Å². The van der Waals surface area contributed by atoms with Crippen LogP contribution in [0.15, 0.2) is 5.16 Å². The van der Waals surface area contributed by atoms with Crippen molar-refractivity contribution in [1.29, 1.82) is 0 Å². The fourth-order valence-electron chi connectivity index (χ4n) is 1.05. The number of carbonyl (C=O) groups excluding carboxylic acids is 1. The van der Waals surface area contributed by atoms with Crippen molar-refractivity contribution in [3.63, 3.8) is 0 Å². The zero-order valence-electron chi connectivity index (χ0n) is 5.29. The van der Waals surface area contributed by atoms with Gasteiger partial charge in [-0.3, -0.25) is 4.79 Å². The standard InChI is InChI=1S/C6H9NO2/c1-4-2-5(7-9)6(8)3-4/h4,9H,2-3H2,1H3. The molecule has 0 aromatic carbocycles. The van der Waals surface area contributed by atoms with Crippen molar-refractivity contribution in [3.8, 4) is 0 Å². The molecule has 1 fully saturated rings. The molecule has 1 aliphatic carbocycles. The Morgan fingerprint density at radius 1 is 1.67 bits per heavy atom. The van der Waals surface area contributed by atoms with E-state index in [0.717, 1.165) is 0 Å². The largest absolute Gasteiger partial charge is 0.411 e. The molecule has 0 bridgehead atoms. The molecule has 50 valence electrons. The second-order valence-corrected chi connectivity index (χ2v) is 2.48. The molecule has 0 heterocycles. The number of ketones is 1. The van der Waals surface area contributed by atoms with Crippen molar-refractivity contribution in [2.45, 2.75) is 19.8 Å². The Labute approximate surface area is 53.4 Å². The molecule has 1 aliphatic rings. The molecule has 0 aliphatic heterocycles. The topological polar surface area (TPSA) is 49.7 Å². The number of hydrogen-bond donors (Lipinski definition) is 1. The first kappa shape index (κ1) is 6.26. The van der Waals surface area contributed by atoms with Gasteiger partial charge in [-0.15, -0.1) is 0 Å². The quantitative estimate of drug-likeness (QED) is 0.386. The van der Waals surface area contributed by atoms with Crippen molar-refractivity contribution in [3.05, 3.63) is 0 Å².